The number of sulfonamides is 1. The number of carbonyl (C=O) groups is 1. The van der Waals surface area contributed by atoms with Gasteiger partial charge < -0.3 is 10.4 Å². The molecule has 0 aliphatic rings. The van der Waals surface area contributed by atoms with Gasteiger partial charge >= 0.3 is 0 Å². The molecule has 8 heteroatoms. The molecule has 0 heterocycles. The van der Waals surface area contributed by atoms with Gasteiger partial charge in [-0.1, -0.05) is 60.1 Å². The monoisotopic (exact) mass is 432 g/mol. The maximum atomic E-state index is 12.2. The first-order chi connectivity index (χ1) is 13.9. The predicted molar refractivity (Wildman–Crippen MR) is 113 cm³/mol. The van der Waals surface area contributed by atoms with E-state index in [0.717, 1.165) is 10.8 Å². The molecule has 152 valence electrons. The average molecular weight is 433 g/mol. The van der Waals surface area contributed by atoms with Gasteiger partial charge in [0.2, 0.25) is 15.9 Å². The maximum absolute atomic E-state index is 12.2. The molecule has 1 amide bonds. The SMILES string of the molecule is O=C(CCNS(=O)(=O)c1ccccc1Cl)NCC(O)c1ccc2ccccc2c1. The Kier molecular flexibility index (Phi) is 6.87. The van der Waals surface area contributed by atoms with E-state index in [1.807, 2.05) is 42.5 Å². The Bertz CT molecular complexity index is 1120. The van der Waals surface area contributed by atoms with Gasteiger partial charge in [0, 0.05) is 19.5 Å². The van der Waals surface area contributed by atoms with Crippen molar-refractivity contribution in [3.8, 4) is 0 Å². The quantitative estimate of drug-likeness (QED) is 0.510. The number of hydrogen-bond acceptors (Lipinski definition) is 4. The lowest BCUT2D eigenvalue weighted by atomic mass is 10.0. The van der Waals surface area contributed by atoms with E-state index in [4.69, 9.17) is 11.6 Å². The van der Waals surface area contributed by atoms with E-state index in [2.05, 4.69) is 10.0 Å². The molecule has 1 atom stereocenters. The number of carbonyl (C=O) groups excluding carboxylic acids is 1. The van der Waals surface area contributed by atoms with Gasteiger partial charge in [0.1, 0.15) is 4.90 Å². The van der Waals surface area contributed by atoms with Crippen molar-refractivity contribution >= 4 is 38.3 Å². The number of halogens is 1. The van der Waals surface area contributed by atoms with Gasteiger partial charge in [0.15, 0.2) is 0 Å². The highest BCUT2D eigenvalue weighted by molar-refractivity contribution is 7.89. The second-order valence-corrected chi connectivity index (χ2v) is 8.65. The Labute approximate surface area is 174 Å². The van der Waals surface area contributed by atoms with Gasteiger partial charge in [0.05, 0.1) is 11.1 Å². The summed E-state index contributed by atoms with van der Waals surface area (Å²) in [5.41, 5.74) is 0.698. The molecule has 3 aromatic carbocycles. The fraction of sp³-hybridized carbons (Fsp3) is 0.190. The molecule has 0 fully saturated rings. The van der Waals surface area contributed by atoms with Crippen LogP contribution in [0.2, 0.25) is 5.02 Å². The number of aliphatic hydroxyl groups excluding tert-OH is 1. The van der Waals surface area contributed by atoms with Crippen LogP contribution in [0.4, 0.5) is 0 Å². The van der Waals surface area contributed by atoms with E-state index >= 15 is 0 Å². The molecule has 3 N–H and O–H groups in total. The van der Waals surface area contributed by atoms with Crippen molar-refractivity contribution in [3.05, 3.63) is 77.3 Å². The molecule has 0 aliphatic heterocycles. The van der Waals surface area contributed by atoms with Crippen molar-refractivity contribution in [2.24, 2.45) is 0 Å². The third kappa shape index (κ3) is 5.55. The molecule has 0 bridgehead atoms. The number of aliphatic hydroxyl groups is 1. The zero-order chi connectivity index (χ0) is 20.9. The highest BCUT2D eigenvalue weighted by Gasteiger charge is 2.17. The molecular formula is C21H21ClN2O4S. The number of fused-ring (bicyclic) bond motifs is 1. The van der Waals surface area contributed by atoms with Crippen LogP contribution in [0.5, 0.6) is 0 Å². The summed E-state index contributed by atoms with van der Waals surface area (Å²) in [6.45, 7) is -0.0418. The summed E-state index contributed by atoms with van der Waals surface area (Å²) in [6.07, 6.45) is -0.919. The van der Waals surface area contributed by atoms with Crippen molar-refractivity contribution in [2.75, 3.05) is 13.1 Å². The lowest BCUT2D eigenvalue weighted by Crippen LogP contribution is -2.33. The Morgan fingerprint density at radius 3 is 2.45 bits per heavy atom. The van der Waals surface area contributed by atoms with Crippen LogP contribution in [0.3, 0.4) is 0 Å². The van der Waals surface area contributed by atoms with Crippen LogP contribution in [0.1, 0.15) is 18.1 Å². The number of hydrogen-bond donors (Lipinski definition) is 3. The summed E-state index contributed by atoms with van der Waals surface area (Å²) in [6, 6.07) is 19.5. The predicted octanol–water partition coefficient (Wildman–Crippen LogP) is 3.01. The van der Waals surface area contributed by atoms with Gasteiger partial charge in [-0.3, -0.25) is 4.79 Å². The Morgan fingerprint density at radius 1 is 1.00 bits per heavy atom. The smallest absolute Gasteiger partial charge is 0.242 e. The molecule has 0 aliphatic carbocycles. The van der Waals surface area contributed by atoms with Crippen LogP contribution in [-0.2, 0) is 14.8 Å². The first-order valence-electron chi connectivity index (χ1n) is 9.04. The van der Waals surface area contributed by atoms with Gasteiger partial charge in [-0.25, -0.2) is 13.1 Å². The summed E-state index contributed by atoms with van der Waals surface area (Å²) in [5.74, 6) is -0.369. The first-order valence-corrected chi connectivity index (χ1v) is 10.9. The van der Waals surface area contributed by atoms with Crippen LogP contribution < -0.4 is 10.0 Å². The van der Waals surface area contributed by atoms with E-state index < -0.39 is 16.1 Å². The molecule has 0 saturated carbocycles. The molecule has 3 aromatic rings. The highest BCUT2D eigenvalue weighted by atomic mass is 35.5. The number of benzene rings is 3. The average Bonchev–Trinajstić information content (AvgIpc) is 2.71. The molecule has 0 aromatic heterocycles. The van der Waals surface area contributed by atoms with Gasteiger partial charge in [-0.2, -0.15) is 0 Å². The Morgan fingerprint density at radius 2 is 1.69 bits per heavy atom. The molecule has 1 unspecified atom stereocenters. The molecule has 0 spiro atoms. The van der Waals surface area contributed by atoms with Crippen LogP contribution in [-0.4, -0.2) is 32.5 Å². The number of amides is 1. The topological polar surface area (TPSA) is 95.5 Å². The molecular weight excluding hydrogens is 412 g/mol. The van der Waals surface area contributed by atoms with Crippen molar-refractivity contribution in [1.29, 1.82) is 0 Å². The van der Waals surface area contributed by atoms with E-state index in [0.29, 0.717) is 5.56 Å². The van der Waals surface area contributed by atoms with E-state index in [-0.39, 0.29) is 35.3 Å². The molecule has 6 nitrogen and oxygen atoms in total. The Hall–Kier alpha value is -2.45. The second-order valence-electron chi connectivity index (χ2n) is 6.50. The normalized spacial score (nSPS) is 12.6. The first kappa shape index (κ1) is 21.3. The van der Waals surface area contributed by atoms with Gasteiger partial charge in [-0.05, 0) is 34.5 Å². The lowest BCUT2D eigenvalue weighted by Gasteiger charge is -2.13. The van der Waals surface area contributed by atoms with Gasteiger partial charge in [0.25, 0.3) is 0 Å². The van der Waals surface area contributed by atoms with E-state index in [1.54, 1.807) is 12.1 Å². The minimum Gasteiger partial charge on any atom is -0.387 e. The number of nitrogens with one attached hydrogen (secondary N) is 2. The van der Waals surface area contributed by atoms with Crippen molar-refractivity contribution in [1.82, 2.24) is 10.0 Å². The minimum absolute atomic E-state index is 0.0335. The molecule has 0 saturated heterocycles. The second kappa shape index (κ2) is 9.37. The van der Waals surface area contributed by atoms with Crippen molar-refractivity contribution < 1.29 is 18.3 Å². The molecule has 0 radical (unpaired) electrons. The maximum Gasteiger partial charge on any atom is 0.242 e. The fourth-order valence-electron chi connectivity index (χ4n) is 2.87. The fourth-order valence-corrected chi connectivity index (χ4v) is 4.42. The van der Waals surface area contributed by atoms with Crippen LogP contribution in [0.25, 0.3) is 10.8 Å². The van der Waals surface area contributed by atoms with Crippen LogP contribution >= 0.6 is 11.6 Å². The zero-order valence-corrected chi connectivity index (χ0v) is 17.1. The summed E-state index contributed by atoms with van der Waals surface area (Å²) in [5, 5.41) is 15.1. The zero-order valence-electron chi connectivity index (χ0n) is 15.5. The van der Waals surface area contributed by atoms with Crippen molar-refractivity contribution in [3.63, 3.8) is 0 Å². The van der Waals surface area contributed by atoms with Crippen molar-refractivity contribution in [2.45, 2.75) is 17.4 Å². The third-order valence-corrected chi connectivity index (χ3v) is 6.38. The van der Waals surface area contributed by atoms with Gasteiger partial charge in [-0.15, -0.1) is 0 Å². The Balaban J connectivity index is 1.48. The highest BCUT2D eigenvalue weighted by Crippen LogP contribution is 2.21. The van der Waals surface area contributed by atoms with Crippen LogP contribution in [0.15, 0.2) is 71.6 Å². The van der Waals surface area contributed by atoms with Crippen LogP contribution in [0, 0.1) is 0 Å². The standard InChI is InChI=1S/C21H21ClN2O4S/c22-18-7-3-4-8-20(18)29(27,28)24-12-11-21(26)23-14-19(25)17-10-9-15-5-1-2-6-16(15)13-17/h1-10,13,19,24-25H,11-12,14H2,(H,23,26). The summed E-state index contributed by atoms with van der Waals surface area (Å²) in [7, 11) is -3.79. The van der Waals surface area contributed by atoms with E-state index in [1.165, 1.54) is 12.1 Å². The lowest BCUT2D eigenvalue weighted by molar-refractivity contribution is -0.121. The summed E-state index contributed by atoms with van der Waals surface area (Å²) < 4.78 is 26.8. The number of rotatable bonds is 8. The minimum atomic E-state index is -3.79. The third-order valence-electron chi connectivity index (χ3n) is 4.42. The van der Waals surface area contributed by atoms with E-state index in [9.17, 15) is 18.3 Å². The summed E-state index contributed by atoms with van der Waals surface area (Å²) in [4.78, 5) is 12.0. The molecule has 29 heavy (non-hydrogen) atoms. The largest absolute Gasteiger partial charge is 0.387 e. The molecule has 3 rings (SSSR count). The summed E-state index contributed by atoms with van der Waals surface area (Å²) >= 11 is 5.90.